The second-order valence-corrected chi connectivity index (χ2v) is 8.30. The number of aliphatic hydroxyl groups is 1. The molecule has 0 saturated carbocycles. The minimum atomic E-state index is -0.948. The number of nitrogens with zero attached hydrogens (tertiary/aromatic N) is 1. The molecule has 0 amide bonds. The zero-order valence-corrected chi connectivity index (χ0v) is 17.5. The van der Waals surface area contributed by atoms with Crippen LogP contribution in [0.25, 0.3) is 16.8 Å². The highest BCUT2D eigenvalue weighted by atomic mass is 16.3. The number of Topliss-reactive ketones (excluding diaryl/α,β-unsaturated/α-hetero) is 1. The van der Waals surface area contributed by atoms with E-state index in [1.807, 2.05) is 60.7 Å². The molecule has 0 fully saturated rings. The molecule has 30 heavy (non-hydrogen) atoms. The fourth-order valence-corrected chi connectivity index (χ4v) is 4.80. The number of rotatable bonds is 3. The molecular weight excluding hydrogens is 370 g/mol. The van der Waals surface area contributed by atoms with E-state index in [1.54, 1.807) is 0 Å². The highest BCUT2D eigenvalue weighted by Crippen LogP contribution is 2.51. The molecule has 3 nitrogen and oxygen atoms in total. The van der Waals surface area contributed by atoms with Crippen LogP contribution in [-0.2, 0) is 0 Å². The molecule has 0 spiro atoms. The Morgan fingerprint density at radius 3 is 2.40 bits per heavy atom. The number of carbonyl (C=O) groups is 1. The van der Waals surface area contributed by atoms with Crippen molar-refractivity contribution >= 4 is 17.2 Å². The van der Waals surface area contributed by atoms with Gasteiger partial charge in [-0.2, -0.15) is 0 Å². The first-order valence-electron chi connectivity index (χ1n) is 10.6. The SMILES string of the molecule is CCN1C2=C(C(=O)c3cc(C(C)C)ccc32)C(O)c2c(-c3ccccc3)cccc21. The Morgan fingerprint density at radius 2 is 1.70 bits per heavy atom. The molecule has 1 atom stereocenters. The van der Waals surface area contributed by atoms with Gasteiger partial charge in [0.25, 0.3) is 0 Å². The van der Waals surface area contributed by atoms with Crippen LogP contribution in [-0.4, -0.2) is 17.4 Å². The van der Waals surface area contributed by atoms with Gasteiger partial charge in [-0.15, -0.1) is 0 Å². The molecule has 0 saturated heterocycles. The van der Waals surface area contributed by atoms with Gasteiger partial charge in [-0.25, -0.2) is 0 Å². The van der Waals surface area contributed by atoms with Crippen LogP contribution in [0.5, 0.6) is 0 Å². The van der Waals surface area contributed by atoms with Crippen LogP contribution < -0.4 is 4.90 Å². The molecule has 0 aromatic heterocycles. The van der Waals surface area contributed by atoms with Gasteiger partial charge in [0, 0.05) is 28.9 Å². The van der Waals surface area contributed by atoms with Crippen LogP contribution >= 0.6 is 0 Å². The Bertz CT molecular complexity index is 1190. The molecule has 3 aromatic rings. The molecular formula is C27H25NO2. The molecule has 2 aliphatic rings. The summed E-state index contributed by atoms with van der Waals surface area (Å²) in [7, 11) is 0. The van der Waals surface area contributed by atoms with Crippen molar-refractivity contribution in [1.82, 2.24) is 0 Å². The van der Waals surface area contributed by atoms with E-state index in [9.17, 15) is 9.90 Å². The number of hydrogen-bond donors (Lipinski definition) is 1. The first-order valence-corrected chi connectivity index (χ1v) is 10.6. The van der Waals surface area contributed by atoms with Crippen molar-refractivity contribution in [3.05, 3.63) is 94.6 Å². The number of carbonyl (C=O) groups excluding carboxylic acids is 1. The van der Waals surface area contributed by atoms with Crippen molar-refractivity contribution in [2.24, 2.45) is 0 Å². The summed E-state index contributed by atoms with van der Waals surface area (Å²) < 4.78 is 0. The van der Waals surface area contributed by atoms with E-state index in [0.29, 0.717) is 17.1 Å². The van der Waals surface area contributed by atoms with Crippen LogP contribution in [0.4, 0.5) is 5.69 Å². The monoisotopic (exact) mass is 395 g/mol. The van der Waals surface area contributed by atoms with Gasteiger partial charge in [-0.3, -0.25) is 4.79 Å². The summed E-state index contributed by atoms with van der Waals surface area (Å²) >= 11 is 0. The van der Waals surface area contributed by atoms with Crippen LogP contribution in [0.1, 0.15) is 59.8 Å². The summed E-state index contributed by atoms with van der Waals surface area (Å²) in [6.07, 6.45) is -0.948. The lowest BCUT2D eigenvalue weighted by atomic mass is 9.86. The van der Waals surface area contributed by atoms with Crippen LogP contribution in [0.3, 0.4) is 0 Å². The number of hydrogen-bond acceptors (Lipinski definition) is 3. The van der Waals surface area contributed by atoms with Crippen molar-refractivity contribution < 1.29 is 9.90 Å². The van der Waals surface area contributed by atoms with Gasteiger partial charge in [0.1, 0.15) is 6.10 Å². The first kappa shape index (κ1) is 18.8. The van der Waals surface area contributed by atoms with Gasteiger partial charge in [-0.1, -0.05) is 68.4 Å². The smallest absolute Gasteiger partial charge is 0.194 e. The molecule has 150 valence electrons. The quantitative estimate of drug-likeness (QED) is 0.595. The Morgan fingerprint density at radius 1 is 0.933 bits per heavy atom. The molecule has 1 unspecified atom stereocenters. The minimum absolute atomic E-state index is 0.0537. The average molecular weight is 396 g/mol. The van der Waals surface area contributed by atoms with E-state index >= 15 is 0 Å². The highest BCUT2D eigenvalue weighted by molar-refractivity contribution is 6.24. The topological polar surface area (TPSA) is 40.5 Å². The number of benzene rings is 3. The summed E-state index contributed by atoms with van der Waals surface area (Å²) in [6.45, 7) is 7.06. The van der Waals surface area contributed by atoms with E-state index in [1.165, 1.54) is 0 Å². The summed E-state index contributed by atoms with van der Waals surface area (Å²) in [5.74, 6) is 0.289. The molecule has 3 heteroatoms. The Labute approximate surface area is 177 Å². The summed E-state index contributed by atoms with van der Waals surface area (Å²) in [4.78, 5) is 15.7. The molecule has 0 radical (unpaired) electrons. The van der Waals surface area contributed by atoms with Gasteiger partial charge in [0.2, 0.25) is 0 Å². The molecule has 1 aliphatic carbocycles. The van der Waals surface area contributed by atoms with Crippen molar-refractivity contribution in [1.29, 1.82) is 0 Å². The number of ketones is 1. The summed E-state index contributed by atoms with van der Waals surface area (Å²) in [6, 6.07) is 22.3. The van der Waals surface area contributed by atoms with E-state index in [0.717, 1.165) is 45.7 Å². The third kappa shape index (κ3) is 2.59. The lowest BCUT2D eigenvalue weighted by Crippen LogP contribution is -2.29. The van der Waals surface area contributed by atoms with Crippen molar-refractivity contribution in [3.63, 3.8) is 0 Å². The van der Waals surface area contributed by atoms with Crippen LogP contribution in [0.15, 0.2) is 72.3 Å². The lowest BCUT2D eigenvalue weighted by Gasteiger charge is -2.36. The van der Waals surface area contributed by atoms with Gasteiger partial charge in [0.15, 0.2) is 5.78 Å². The standard InChI is InChI=1S/C27H25NO2/c1-4-28-22-12-8-11-19(17-9-6-5-7-10-17)23(22)27(30)24-25(28)20-14-13-18(16(2)3)15-21(20)26(24)29/h5-16,27,30H,4H2,1-3H3. The zero-order chi connectivity index (χ0) is 21.0. The predicted octanol–water partition coefficient (Wildman–Crippen LogP) is 5.96. The third-order valence-electron chi connectivity index (χ3n) is 6.30. The fraction of sp³-hybridized carbons (Fsp3) is 0.222. The maximum atomic E-state index is 13.5. The minimum Gasteiger partial charge on any atom is -0.383 e. The summed E-state index contributed by atoms with van der Waals surface area (Å²) in [5.41, 5.74) is 7.93. The number of fused-ring (bicyclic) bond motifs is 3. The van der Waals surface area contributed by atoms with Gasteiger partial charge in [0.05, 0.1) is 11.3 Å². The average Bonchev–Trinajstić information content (AvgIpc) is 3.06. The lowest BCUT2D eigenvalue weighted by molar-refractivity contribution is 0.0992. The fourth-order valence-electron chi connectivity index (χ4n) is 4.80. The normalized spacial score (nSPS) is 17.3. The zero-order valence-electron chi connectivity index (χ0n) is 17.5. The molecule has 3 aromatic carbocycles. The molecule has 1 aliphatic heterocycles. The number of aliphatic hydroxyl groups excluding tert-OH is 1. The Kier molecular flexibility index (Phi) is 4.37. The molecule has 5 rings (SSSR count). The van der Waals surface area contributed by atoms with Crippen LogP contribution in [0, 0.1) is 0 Å². The number of anilines is 1. The van der Waals surface area contributed by atoms with Crippen LogP contribution in [0.2, 0.25) is 0 Å². The predicted molar refractivity (Wildman–Crippen MR) is 122 cm³/mol. The van der Waals surface area contributed by atoms with Crippen molar-refractivity contribution in [2.45, 2.75) is 32.8 Å². The Hall–Kier alpha value is -3.17. The molecule has 1 heterocycles. The molecule has 0 bridgehead atoms. The van der Waals surface area contributed by atoms with Crippen molar-refractivity contribution in [3.8, 4) is 11.1 Å². The maximum Gasteiger partial charge on any atom is 0.194 e. The second kappa shape index (κ2) is 6.96. The van der Waals surface area contributed by atoms with E-state index in [2.05, 4.69) is 31.7 Å². The second-order valence-electron chi connectivity index (χ2n) is 8.30. The van der Waals surface area contributed by atoms with Gasteiger partial charge >= 0.3 is 0 Å². The third-order valence-corrected chi connectivity index (χ3v) is 6.30. The van der Waals surface area contributed by atoms with Gasteiger partial charge < -0.3 is 10.0 Å². The summed E-state index contributed by atoms with van der Waals surface area (Å²) in [5, 5.41) is 11.5. The first-order chi connectivity index (χ1) is 14.5. The molecule has 1 N–H and O–H groups in total. The largest absolute Gasteiger partial charge is 0.383 e. The van der Waals surface area contributed by atoms with E-state index in [4.69, 9.17) is 0 Å². The Balaban J connectivity index is 1.73. The van der Waals surface area contributed by atoms with E-state index in [-0.39, 0.29) is 5.78 Å². The highest BCUT2D eigenvalue weighted by Gasteiger charge is 2.42. The maximum absolute atomic E-state index is 13.5. The van der Waals surface area contributed by atoms with Crippen molar-refractivity contribution in [2.75, 3.05) is 11.4 Å². The van der Waals surface area contributed by atoms with Gasteiger partial charge in [-0.05, 0) is 41.7 Å². The van der Waals surface area contributed by atoms with E-state index < -0.39 is 6.10 Å².